The molecule has 0 aliphatic rings. The highest BCUT2D eigenvalue weighted by Crippen LogP contribution is 2.27. The van der Waals surface area contributed by atoms with Crippen LogP contribution in [-0.2, 0) is 11.3 Å². The van der Waals surface area contributed by atoms with Crippen molar-refractivity contribution in [1.82, 2.24) is 14.8 Å². The zero-order chi connectivity index (χ0) is 18.7. The number of nitrogens with one attached hydrogen (secondary N) is 1. The van der Waals surface area contributed by atoms with Crippen molar-refractivity contribution in [3.63, 3.8) is 0 Å². The number of nitrogens with zero attached hydrogens (tertiary/aromatic N) is 3. The molecule has 26 heavy (non-hydrogen) atoms. The summed E-state index contributed by atoms with van der Waals surface area (Å²) in [4.78, 5) is 12.4. The number of halogens is 1. The predicted octanol–water partition coefficient (Wildman–Crippen LogP) is 4.12. The molecule has 0 saturated carbocycles. The number of amides is 1. The fourth-order valence-electron chi connectivity index (χ4n) is 2.38. The minimum atomic E-state index is -0.432. The van der Waals surface area contributed by atoms with Crippen molar-refractivity contribution in [1.29, 1.82) is 0 Å². The van der Waals surface area contributed by atoms with E-state index in [1.54, 1.807) is 38.3 Å². The van der Waals surface area contributed by atoms with E-state index < -0.39 is 5.25 Å². The number of hydrogen-bond donors (Lipinski definition) is 1. The van der Waals surface area contributed by atoms with E-state index in [-0.39, 0.29) is 11.7 Å². The van der Waals surface area contributed by atoms with E-state index in [9.17, 15) is 9.18 Å². The molecule has 6 nitrogen and oxygen atoms in total. The zero-order valence-electron chi connectivity index (χ0n) is 14.7. The van der Waals surface area contributed by atoms with Crippen LogP contribution in [0.1, 0.15) is 19.4 Å². The summed E-state index contributed by atoms with van der Waals surface area (Å²) in [5.74, 6) is 0.659. The van der Waals surface area contributed by atoms with Crippen LogP contribution in [0, 0.1) is 12.7 Å². The Morgan fingerprint density at radius 2 is 2.19 bits per heavy atom. The molecule has 1 N–H and O–H groups in total. The number of benzene rings is 1. The second kappa shape index (κ2) is 7.74. The van der Waals surface area contributed by atoms with Gasteiger partial charge in [-0.25, -0.2) is 4.39 Å². The number of aromatic nitrogens is 3. The molecule has 0 bridgehead atoms. The summed E-state index contributed by atoms with van der Waals surface area (Å²) >= 11 is 1.29. The molecule has 0 radical (unpaired) electrons. The van der Waals surface area contributed by atoms with Crippen LogP contribution in [0.25, 0.3) is 11.6 Å². The van der Waals surface area contributed by atoms with Gasteiger partial charge in [-0.05, 0) is 50.6 Å². The molecule has 1 amide bonds. The van der Waals surface area contributed by atoms with Crippen LogP contribution < -0.4 is 5.32 Å². The summed E-state index contributed by atoms with van der Waals surface area (Å²) in [7, 11) is 0. The first-order valence-electron chi connectivity index (χ1n) is 8.20. The van der Waals surface area contributed by atoms with Gasteiger partial charge in [-0.15, -0.1) is 10.2 Å². The first-order valence-corrected chi connectivity index (χ1v) is 9.08. The number of hydrogen-bond acceptors (Lipinski definition) is 5. The van der Waals surface area contributed by atoms with E-state index >= 15 is 0 Å². The van der Waals surface area contributed by atoms with Crippen molar-refractivity contribution in [2.24, 2.45) is 0 Å². The highest BCUT2D eigenvalue weighted by atomic mass is 32.2. The molecule has 3 aromatic rings. The summed E-state index contributed by atoms with van der Waals surface area (Å²) in [6.07, 6.45) is 1.58. The lowest BCUT2D eigenvalue weighted by Crippen LogP contribution is -2.23. The maximum atomic E-state index is 13.6. The average Bonchev–Trinajstić information content (AvgIpc) is 3.27. The van der Waals surface area contributed by atoms with Crippen molar-refractivity contribution >= 4 is 23.4 Å². The van der Waals surface area contributed by atoms with Crippen LogP contribution in [0.5, 0.6) is 0 Å². The molecular weight excluding hydrogens is 355 g/mol. The van der Waals surface area contributed by atoms with E-state index in [1.165, 1.54) is 17.8 Å². The third kappa shape index (κ3) is 3.80. The molecular formula is C18H19FN4O2S. The first kappa shape index (κ1) is 18.2. The van der Waals surface area contributed by atoms with Gasteiger partial charge in [0.05, 0.1) is 11.5 Å². The van der Waals surface area contributed by atoms with Crippen molar-refractivity contribution in [3.8, 4) is 11.6 Å². The topological polar surface area (TPSA) is 73.0 Å². The molecule has 8 heteroatoms. The Kier molecular flexibility index (Phi) is 5.41. The number of thioether (sulfide) groups is 1. The lowest BCUT2D eigenvalue weighted by atomic mass is 10.2. The second-order valence-electron chi connectivity index (χ2n) is 5.74. The number of rotatable bonds is 6. The standard InChI is InChI=1S/C18H19FN4O2S/c1-4-23-16(15-6-5-9-25-15)21-22-18(23)26-12(3)17(24)20-13-8-7-11(2)14(19)10-13/h5-10,12H,4H2,1-3H3,(H,20,24)/t12-/m1/s1. The van der Waals surface area contributed by atoms with Gasteiger partial charge in [-0.1, -0.05) is 17.8 Å². The van der Waals surface area contributed by atoms with E-state index in [4.69, 9.17) is 4.42 Å². The van der Waals surface area contributed by atoms with Crippen LogP contribution in [-0.4, -0.2) is 25.9 Å². The van der Waals surface area contributed by atoms with Gasteiger partial charge in [0.15, 0.2) is 16.7 Å². The number of furan rings is 1. The van der Waals surface area contributed by atoms with Crippen molar-refractivity contribution < 1.29 is 13.6 Å². The number of aryl methyl sites for hydroxylation is 1. The molecule has 0 saturated heterocycles. The molecule has 1 aromatic carbocycles. The Bertz CT molecular complexity index is 908. The Hall–Kier alpha value is -2.61. The van der Waals surface area contributed by atoms with E-state index in [0.29, 0.717) is 34.5 Å². The normalized spacial score (nSPS) is 12.2. The Morgan fingerprint density at radius 1 is 1.38 bits per heavy atom. The van der Waals surface area contributed by atoms with Gasteiger partial charge >= 0.3 is 0 Å². The molecule has 0 spiro atoms. The lowest BCUT2D eigenvalue weighted by molar-refractivity contribution is -0.115. The van der Waals surface area contributed by atoms with E-state index in [2.05, 4.69) is 15.5 Å². The molecule has 1 atom stereocenters. The molecule has 0 aliphatic heterocycles. The summed E-state index contributed by atoms with van der Waals surface area (Å²) in [6, 6.07) is 8.22. The largest absolute Gasteiger partial charge is 0.461 e. The number of anilines is 1. The maximum absolute atomic E-state index is 13.6. The molecule has 136 valence electrons. The van der Waals surface area contributed by atoms with Crippen LogP contribution in [0.2, 0.25) is 0 Å². The Balaban J connectivity index is 1.72. The Labute approximate surface area is 154 Å². The Morgan fingerprint density at radius 3 is 2.85 bits per heavy atom. The van der Waals surface area contributed by atoms with Gasteiger partial charge in [0, 0.05) is 12.2 Å². The van der Waals surface area contributed by atoms with Crippen molar-refractivity contribution in [2.45, 2.75) is 37.7 Å². The van der Waals surface area contributed by atoms with Gasteiger partial charge in [0.1, 0.15) is 5.82 Å². The van der Waals surface area contributed by atoms with Gasteiger partial charge in [0.2, 0.25) is 5.91 Å². The fraction of sp³-hybridized carbons (Fsp3) is 0.278. The zero-order valence-corrected chi connectivity index (χ0v) is 15.5. The minimum Gasteiger partial charge on any atom is -0.461 e. The van der Waals surface area contributed by atoms with E-state index in [1.807, 2.05) is 17.6 Å². The number of carbonyl (C=O) groups is 1. The van der Waals surface area contributed by atoms with Crippen LogP contribution in [0.4, 0.5) is 10.1 Å². The summed E-state index contributed by atoms with van der Waals surface area (Å²) in [5.41, 5.74) is 0.964. The van der Waals surface area contributed by atoms with Gasteiger partial charge in [-0.2, -0.15) is 0 Å². The SMILES string of the molecule is CCn1c(S[C@H](C)C(=O)Nc2ccc(C)c(F)c2)nnc1-c1ccco1. The molecule has 0 unspecified atom stereocenters. The summed E-state index contributed by atoms with van der Waals surface area (Å²) in [6.45, 7) is 6.06. The van der Waals surface area contributed by atoms with E-state index in [0.717, 1.165) is 0 Å². The molecule has 0 fully saturated rings. The highest BCUT2D eigenvalue weighted by molar-refractivity contribution is 8.00. The third-order valence-electron chi connectivity index (χ3n) is 3.87. The fourth-order valence-corrected chi connectivity index (χ4v) is 3.29. The minimum absolute atomic E-state index is 0.233. The van der Waals surface area contributed by atoms with Gasteiger partial charge < -0.3 is 9.73 Å². The molecule has 3 rings (SSSR count). The smallest absolute Gasteiger partial charge is 0.237 e. The summed E-state index contributed by atoms with van der Waals surface area (Å²) < 4.78 is 20.9. The van der Waals surface area contributed by atoms with Crippen LogP contribution >= 0.6 is 11.8 Å². The monoisotopic (exact) mass is 374 g/mol. The number of carbonyl (C=O) groups excluding carboxylic acids is 1. The third-order valence-corrected chi connectivity index (χ3v) is 4.95. The molecule has 2 aromatic heterocycles. The van der Waals surface area contributed by atoms with Crippen LogP contribution in [0.3, 0.4) is 0 Å². The highest BCUT2D eigenvalue weighted by Gasteiger charge is 2.21. The molecule has 2 heterocycles. The van der Waals surface area contributed by atoms with Crippen LogP contribution in [0.15, 0.2) is 46.2 Å². The average molecular weight is 374 g/mol. The van der Waals surface area contributed by atoms with Gasteiger partial charge in [-0.3, -0.25) is 9.36 Å². The van der Waals surface area contributed by atoms with Gasteiger partial charge in [0.25, 0.3) is 0 Å². The first-order chi connectivity index (χ1) is 12.5. The predicted molar refractivity (Wildman–Crippen MR) is 98.5 cm³/mol. The summed E-state index contributed by atoms with van der Waals surface area (Å²) in [5, 5.41) is 11.3. The van der Waals surface area contributed by atoms with Crippen molar-refractivity contribution in [2.75, 3.05) is 5.32 Å². The lowest BCUT2D eigenvalue weighted by Gasteiger charge is -2.13. The van der Waals surface area contributed by atoms with Crippen molar-refractivity contribution in [3.05, 3.63) is 48.0 Å². The maximum Gasteiger partial charge on any atom is 0.237 e. The second-order valence-corrected chi connectivity index (χ2v) is 7.05. The quantitative estimate of drug-likeness (QED) is 0.657. The molecule has 0 aliphatic carbocycles.